The zero-order valence-electron chi connectivity index (χ0n) is 27.2. The second-order valence-corrected chi connectivity index (χ2v) is 14.7. The molecule has 3 unspecified atom stereocenters. The molecule has 43 heavy (non-hydrogen) atoms. The van der Waals surface area contributed by atoms with Crippen LogP contribution in [0.5, 0.6) is 0 Å². The molecule has 1 aliphatic carbocycles. The van der Waals surface area contributed by atoms with Gasteiger partial charge in [-0.2, -0.15) is 0 Å². The van der Waals surface area contributed by atoms with Crippen molar-refractivity contribution in [3.8, 4) is 0 Å². The van der Waals surface area contributed by atoms with E-state index in [1.54, 1.807) is 12.1 Å². The summed E-state index contributed by atoms with van der Waals surface area (Å²) < 4.78 is 13.7. The van der Waals surface area contributed by atoms with Gasteiger partial charge in [0, 0.05) is 44.2 Å². The highest BCUT2D eigenvalue weighted by atomic mass is 19.1. The Balaban J connectivity index is 1.51. The third-order valence-corrected chi connectivity index (χ3v) is 9.80. The van der Waals surface area contributed by atoms with Crippen LogP contribution in [0.1, 0.15) is 85.1 Å². The van der Waals surface area contributed by atoms with E-state index < -0.39 is 17.5 Å². The van der Waals surface area contributed by atoms with E-state index in [9.17, 15) is 18.8 Å². The third kappa shape index (κ3) is 8.56. The Morgan fingerprint density at radius 2 is 1.65 bits per heavy atom. The van der Waals surface area contributed by atoms with Crippen molar-refractivity contribution in [3.05, 3.63) is 35.6 Å². The first-order valence-electron chi connectivity index (χ1n) is 16.4. The van der Waals surface area contributed by atoms with E-state index in [0.717, 1.165) is 37.8 Å². The van der Waals surface area contributed by atoms with Gasteiger partial charge < -0.3 is 25.8 Å². The molecule has 4 rings (SSSR count). The lowest BCUT2D eigenvalue weighted by molar-refractivity contribution is -0.147. The van der Waals surface area contributed by atoms with Gasteiger partial charge in [-0.05, 0) is 83.0 Å². The van der Waals surface area contributed by atoms with E-state index in [0.29, 0.717) is 44.3 Å². The Labute approximate surface area is 257 Å². The minimum atomic E-state index is -0.782. The quantitative estimate of drug-likeness (QED) is 0.422. The zero-order valence-corrected chi connectivity index (χ0v) is 27.2. The molecule has 0 aromatic heterocycles. The first-order chi connectivity index (χ1) is 20.3. The number of likely N-dealkylation sites (tertiary alicyclic amines) is 1. The highest BCUT2D eigenvalue weighted by molar-refractivity contribution is 5.90. The second-order valence-electron chi connectivity index (χ2n) is 14.7. The number of rotatable bonds is 8. The lowest BCUT2D eigenvalue weighted by Gasteiger charge is -2.48. The van der Waals surface area contributed by atoms with Crippen molar-refractivity contribution < 1.29 is 18.8 Å². The smallest absolute Gasteiger partial charge is 0.245 e. The molecule has 2 saturated heterocycles. The Kier molecular flexibility index (Phi) is 10.9. The summed E-state index contributed by atoms with van der Waals surface area (Å²) in [6, 6.07) is 5.07. The second kappa shape index (κ2) is 14.1. The first-order valence-corrected chi connectivity index (χ1v) is 16.4. The number of carbonyl (C=O) groups excluding carboxylic acids is 3. The summed E-state index contributed by atoms with van der Waals surface area (Å²) in [7, 11) is 2.01. The average Bonchev–Trinajstić information content (AvgIpc) is 2.96. The predicted octanol–water partition coefficient (Wildman–Crippen LogP) is 3.89. The van der Waals surface area contributed by atoms with E-state index in [4.69, 9.17) is 0 Å². The maximum Gasteiger partial charge on any atom is 0.245 e. The van der Waals surface area contributed by atoms with Gasteiger partial charge in [-0.3, -0.25) is 14.4 Å². The Morgan fingerprint density at radius 3 is 2.23 bits per heavy atom. The zero-order chi connectivity index (χ0) is 31.4. The molecule has 240 valence electrons. The summed E-state index contributed by atoms with van der Waals surface area (Å²) >= 11 is 0. The molecule has 3 atom stereocenters. The van der Waals surface area contributed by atoms with Crippen LogP contribution < -0.4 is 16.0 Å². The van der Waals surface area contributed by atoms with Gasteiger partial charge in [0.2, 0.25) is 17.7 Å². The molecule has 1 aromatic carbocycles. The van der Waals surface area contributed by atoms with Gasteiger partial charge >= 0.3 is 0 Å². The van der Waals surface area contributed by atoms with Crippen molar-refractivity contribution in [2.24, 2.45) is 17.3 Å². The normalized spacial score (nSPS) is 24.4. The van der Waals surface area contributed by atoms with Crippen LogP contribution in [0.2, 0.25) is 0 Å². The minimum Gasteiger partial charge on any atom is -0.351 e. The van der Waals surface area contributed by atoms with Crippen molar-refractivity contribution >= 4 is 17.7 Å². The standard InChI is InChI=1S/C34H54FN5O3/c1-23(2)28-21-39(6)22-29(36-28)30(41)37-27(20-24-12-14-26(35)15-13-24)31(42)40-18-16-34(17-19-40,25-10-8-7-9-11-25)32(43)38-33(3,4)5/h12-15,23,25,27-29,36H,7-11,16-22H2,1-6H3,(H,37,41)(H,38,43). The van der Waals surface area contributed by atoms with Gasteiger partial charge in [-0.25, -0.2) is 4.39 Å². The van der Waals surface area contributed by atoms with Crippen LogP contribution in [-0.2, 0) is 20.8 Å². The predicted molar refractivity (Wildman–Crippen MR) is 168 cm³/mol. The van der Waals surface area contributed by atoms with Crippen LogP contribution in [0.25, 0.3) is 0 Å². The largest absolute Gasteiger partial charge is 0.351 e. The molecule has 0 spiro atoms. The summed E-state index contributed by atoms with van der Waals surface area (Å²) in [6.07, 6.45) is 7.12. The van der Waals surface area contributed by atoms with E-state index in [1.165, 1.54) is 18.6 Å². The highest BCUT2D eigenvalue weighted by Gasteiger charge is 2.49. The maximum atomic E-state index is 14.1. The van der Waals surface area contributed by atoms with Crippen LogP contribution in [0, 0.1) is 23.1 Å². The van der Waals surface area contributed by atoms with Gasteiger partial charge in [0.1, 0.15) is 11.9 Å². The van der Waals surface area contributed by atoms with Gasteiger partial charge in [0.15, 0.2) is 0 Å². The first kappa shape index (κ1) is 33.4. The number of benzene rings is 1. The van der Waals surface area contributed by atoms with Crippen molar-refractivity contribution in [3.63, 3.8) is 0 Å². The number of piperazine rings is 1. The molecule has 3 N–H and O–H groups in total. The molecule has 0 radical (unpaired) electrons. The number of piperidine rings is 1. The number of nitrogens with one attached hydrogen (secondary N) is 3. The topological polar surface area (TPSA) is 93.8 Å². The summed E-state index contributed by atoms with van der Waals surface area (Å²) in [5.74, 6) is 0.115. The molecule has 3 amide bonds. The number of halogens is 1. The van der Waals surface area contributed by atoms with Crippen LogP contribution in [0.3, 0.4) is 0 Å². The number of likely N-dealkylation sites (N-methyl/N-ethyl adjacent to an activating group) is 1. The monoisotopic (exact) mass is 599 g/mol. The SMILES string of the molecule is CC(C)C1CN(C)CC(C(=O)NC(Cc2ccc(F)cc2)C(=O)N2CCC(C(=O)NC(C)(C)C)(C3CCCCC3)CC2)N1. The molecular weight excluding hydrogens is 545 g/mol. The number of carbonyl (C=O) groups is 3. The Morgan fingerprint density at radius 1 is 1.02 bits per heavy atom. The fraction of sp³-hybridized carbons (Fsp3) is 0.735. The van der Waals surface area contributed by atoms with Crippen LogP contribution >= 0.6 is 0 Å². The molecular formula is C34H54FN5O3. The number of hydrogen-bond donors (Lipinski definition) is 3. The van der Waals surface area contributed by atoms with Gasteiger partial charge in [0.25, 0.3) is 0 Å². The molecule has 2 aliphatic heterocycles. The van der Waals surface area contributed by atoms with Crippen molar-refractivity contribution in [1.29, 1.82) is 0 Å². The third-order valence-electron chi connectivity index (χ3n) is 9.80. The molecule has 1 saturated carbocycles. The maximum absolute atomic E-state index is 14.1. The Hall–Kier alpha value is -2.52. The van der Waals surface area contributed by atoms with E-state index in [2.05, 4.69) is 34.7 Å². The number of amides is 3. The van der Waals surface area contributed by atoms with Crippen molar-refractivity contribution in [2.45, 2.75) is 110 Å². The number of hydrogen-bond acceptors (Lipinski definition) is 5. The van der Waals surface area contributed by atoms with E-state index >= 15 is 0 Å². The van der Waals surface area contributed by atoms with Gasteiger partial charge in [-0.1, -0.05) is 45.2 Å². The van der Waals surface area contributed by atoms with Gasteiger partial charge in [-0.15, -0.1) is 0 Å². The molecule has 9 heteroatoms. The lowest BCUT2D eigenvalue weighted by Crippen LogP contribution is -2.64. The molecule has 8 nitrogen and oxygen atoms in total. The number of nitrogens with zero attached hydrogens (tertiary/aromatic N) is 2. The molecule has 1 aromatic rings. The summed E-state index contributed by atoms with van der Waals surface area (Å²) in [5, 5.41) is 9.82. The lowest BCUT2D eigenvalue weighted by atomic mass is 9.63. The van der Waals surface area contributed by atoms with E-state index in [1.807, 2.05) is 32.7 Å². The van der Waals surface area contributed by atoms with Gasteiger partial charge in [0.05, 0.1) is 11.5 Å². The molecule has 0 bridgehead atoms. The fourth-order valence-corrected chi connectivity index (χ4v) is 7.26. The molecule has 3 aliphatic rings. The van der Waals surface area contributed by atoms with Crippen molar-refractivity contribution in [1.82, 2.24) is 25.8 Å². The van der Waals surface area contributed by atoms with E-state index in [-0.39, 0.29) is 41.5 Å². The minimum absolute atomic E-state index is 0.113. The van der Waals surface area contributed by atoms with Crippen LogP contribution in [0.4, 0.5) is 4.39 Å². The highest BCUT2D eigenvalue weighted by Crippen LogP contribution is 2.46. The van der Waals surface area contributed by atoms with Crippen LogP contribution in [0.15, 0.2) is 24.3 Å². The fourth-order valence-electron chi connectivity index (χ4n) is 7.26. The summed E-state index contributed by atoms with van der Waals surface area (Å²) in [4.78, 5) is 45.5. The van der Waals surface area contributed by atoms with Crippen molar-refractivity contribution in [2.75, 3.05) is 33.2 Å². The summed E-state index contributed by atoms with van der Waals surface area (Å²) in [5.41, 5.74) is -0.0266. The average molecular weight is 600 g/mol. The summed E-state index contributed by atoms with van der Waals surface area (Å²) in [6.45, 7) is 12.7. The van der Waals surface area contributed by atoms with Crippen LogP contribution in [-0.4, -0.2) is 84.4 Å². The Bertz CT molecular complexity index is 1100. The molecule has 3 fully saturated rings. The molecule has 2 heterocycles.